The second-order valence-electron chi connectivity index (χ2n) is 9.81. The van der Waals surface area contributed by atoms with Crippen molar-refractivity contribution >= 4 is 15.7 Å². The van der Waals surface area contributed by atoms with Crippen LogP contribution in [0.4, 0.5) is 10.1 Å². The average Bonchev–Trinajstić information content (AvgIpc) is 3.40. The maximum absolute atomic E-state index is 15.2. The molecule has 0 N–H and O–H groups in total. The molecule has 0 bridgehead atoms. The van der Waals surface area contributed by atoms with Crippen molar-refractivity contribution in [2.75, 3.05) is 18.0 Å². The maximum atomic E-state index is 15.2. The number of hydrogen-bond acceptors (Lipinski definition) is 4. The fourth-order valence-corrected chi connectivity index (χ4v) is 7.55. The molecule has 0 radical (unpaired) electrons. The van der Waals surface area contributed by atoms with Crippen LogP contribution in [0, 0.1) is 5.82 Å². The van der Waals surface area contributed by atoms with Gasteiger partial charge in [-0.15, -0.1) is 0 Å². The first-order chi connectivity index (χ1) is 16.9. The number of nitrogens with zero attached hydrogens (tertiary/aromatic N) is 4. The molecule has 3 heterocycles. The fraction of sp³-hybridized carbons (Fsp3) is 0.444. The summed E-state index contributed by atoms with van der Waals surface area (Å²) in [6.07, 6.45) is 7.60. The van der Waals surface area contributed by atoms with Gasteiger partial charge in [0, 0.05) is 49.3 Å². The molecule has 5 rings (SSSR count). The molecule has 0 saturated carbocycles. The van der Waals surface area contributed by atoms with Crippen LogP contribution in [0.5, 0.6) is 0 Å². The third-order valence-corrected chi connectivity index (χ3v) is 9.93. The van der Waals surface area contributed by atoms with Crippen LogP contribution in [0.15, 0.2) is 67.0 Å². The summed E-state index contributed by atoms with van der Waals surface area (Å²) >= 11 is 0. The normalized spacial score (nSPS) is 23.4. The molecule has 2 atom stereocenters. The van der Waals surface area contributed by atoms with Crippen molar-refractivity contribution in [3.05, 3.63) is 83.9 Å². The van der Waals surface area contributed by atoms with E-state index >= 15 is 4.39 Å². The van der Waals surface area contributed by atoms with E-state index in [0.717, 1.165) is 43.6 Å². The van der Waals surface area contributed by atoms with E-state index in [4.69, 9.17) is 0 Å². The van der Waals surface area contributed by atoms with Crippen LogP contribution in [-0.4, -0.2) is 46.9 Å². The smallest absolute Gasteiger partial charge is 0.217 e. The van der Waals surface area contributed by atoms with Crippen LogP contribution >= 0.6 is 0 Å². The van der Waals surface area contributed by atoms with Crippen molar-refractivity contribution in [2.24, 2.45) is 0 Å². The Morgan fingerprint density at radius 3 is 2.46 bits per heavy atom. The van der Waals surface area contributed by atoms with E-state index in [9.17, 15) is 8.42 Å². The van der Waals surface area contributed by atoms with Crippen LogP contribution in [-0.2, 0) is 23.0 Å². The first-order valence-corrected chi connectivity index (χ1v) is 14.0. The third-order valence-electron chi connectivity index (χ3n) is 7.54. The van der Waals surface area contributed by atoms with E-state index in [2.05, 4.69) is 10.00 Å². The lowest BCUT2D eigenvalue weighted by molar-refractivity contribution is 0.278. The molecule has 2 saturated heterocycles. The Bertz CT molecular complexity index is 1230. The quantitative estimate of drug-likeness (QED) is 0.492. The summed E-state index contributed by atoms with van der Waals surface area (Å²) in [4.78, 5) is 2.20. The van der Waals surface area contributed by atoms with Crippen molar-refractivity contribution in [3.63, 3.8) is 0 Å². The summed E-state index contributed by atoms with van der Waals surface area (Å²) in [5.74, 6) is -0.343. The lowest BCUT2D eigenvalue weighted by Gasteiger charge is -2.37. The molecule has 2 aromatic carbocycles. The Hall–Kier alpha value is -2.71. The standard InChI is InChI=1S/C27H33FN4O2S/c1-21-8-11-26(18-22-6-3-2-4-7-22)35(33,34)32(21)20-23-9-10-25(19-27(23)28)30-16-12-24(13-17-30)31-15-5-14-29-31/h2-7,9-10,14-15,19,21,24,26H,8,11-13,16-18,20H2,1H3/t21-,26?/m0/s1. The van der Waals surface area contributed by atoms with E-state index in [1.165, 1.54) is 4.31 Å². The van der Waals surface area contributed by atoms with Gasteiger partial charge in [-0.2, -0.15) is 9.40 Å². The first-order valence-electron chi connectivity index (χ1n) is 12.5. The number of sulfonamides is 1. The van der Waals surface area contributed by atoms with Crippen LogP contribution in [0.25, 0.3) is 0 Å². The molecule has 2 aliphatic heterocycles. The molecular formula is C27H33FN4O2S. The van der Waals surface area contributed by atoms with Gasteiger partial charge in [0.25, 0.3) is 0 Å². The highest BCUT2D eigenvalue weighted by Gasteiger charge is 2.39. The Balaban J connectivity index is 1.27. The zero-order chi connectivity index (χ0) is 24.4. The van der Waals surface area contributed by atoms with Crippen LogP contribution in [0.1, 0.15) is 49.8 Å². The lowest BCUT2D eigenvalue weighted by Crippen LogP contribution is -2.48. The molecule has 8 heteroatoms. The monoisotopic (exact) mass is 496 g/mol. The molecule has 0 aliphatic carbocycles. The molecule has 0 spiro atoms. The predicted molar refractivity (Wildman–Crippen MR) is 136 cm³/mol. The molecule has 0 amide bonds. The molecule has 1 aromatic heterocycles. The zero-order valence-electron chi connectivity index (χ0n) is 20.1. The van der Waals surface area contributed by atoms with Crippen molar-refractivity contribution in [1.82, 2.24) is 14.1 Å². The topological polar surface area (TPSA) is 58.4 Å². The van der Waals surface area contributed by atoms with Crippen molar-refractivity contribution < 1.29 is 12.8 Å². The fourth-order valence-electron chi connectivity index (χ4n) is 5.41. The Morgan fingerprint density at radius 2 is 1.77 bits per heavy atom. The highest BCUT2D eigenvalue weighted by molar-refractivity contribution is 7.89. The van der Waals surface area contributed by atoms with Crippen molar-refractivity contribution in [1.29, 1.82) is 0 Å². The number of aromatic nitrogens is 2. The number of anilines is 1. The van der Waals surface area contributed by atoms with Gasteiger partial charge in [0.15, 0.2) is 0 Å². The molecule has 6 nitrogen and oxygen atoms in total. The van der Waals surface area contributed by atoms with Crippen molar-refractivity contribution in [2.45, 2.75) is 62.9 Å². The average molecular weight is 497 g/mol. The minimum absolute atomic E-state index is 0.0717. The molecular weight excluding hydrogens is 463 g/mol. The van der Waals surface area contributed by atoms with Gasteiger partial charge in [-0.25, -0.2) is 12.8 Å². The second-order valence-corrected chi connectivity index (χ2v) is 12.0. The van der Waals surface area contributed by atoms with Crippen LogP contribution < -0.4 is 4.90 Å². The van der Waals surface area contributed by atoms with E-state index in [-0.39, 0.29) is 18.4 Å². The van der Waals surface area contributed by atoms with Crippen molar-refractivity contribution in [3.8, 4) is 0 Å². The summed E-state index contributed by atoms with van der Waals surface area (Å²) in [5, 5.41) is 3.88. The highest BCUT2D eigenvalue weighted by Crippen LogP contribution is 2.32. The SMILES string of the molecule is C[C@H]1CCC(Cc2ccccc2)S(=O)(=O)N1Cc1ccc(N2CCC(n3cccn3)CC2)cc1F. The summed E-state index contributed by atoms with van der Waals surface area (Å²) in [5.41, 5.74) is 2.29. The largest absolute Gasteiger partial charge is 0.371 e. The highest BCUT2D eigenvalue weighted by atomic mass is 32.2. The summed E-state index contributed by atoms with van der Waals surface area (Å²) in [6.45, 7) is 3.67. The van der Waals surface area contributed by atoms with Gasteiger partial charge < -0.3 is 4.90 Å². The molecule has 35 heavy (non-hydrogen) atoms. The van der Waals surface area contributed by atoms with Gasteiger partial charge in [-0.3, -0.25) is 4.68 Å². The molecule has 3 aromatic rings. The second kappa shape index (κ2) is 10.1. The first kappa shape index (κ1) is 24.0. The molecule has 2 fully saturated rings. The Morgan fingerprint density at radius 1 is 1.00 bits per heavy atom. The number of piperidine rings is 1. The number of hydrogen-bond donors (Lipinski definition) is 0. The minimum atomic E-state index is -3.54. The zero-order valence-corrected chi connectivity index (χ0v) is 20.9. The minimum Gasteiger partial charge on any atom is -0.371 e. The van der Waals surface area contributed by atoms with E-state index in [1.54, 1.807) is 18.3 Å². The Kier molecular flexibility index (Phi) is 6.93. The molecule has 2 aliphatic rings. The molecule has 186 valence electrons. The van der Waals surface area contributed by atoms with E-state index in [1.807, 2.05) is 60.3 Å². The maximum Gasteiger partial charge on any atom is 0.217 e. The van der Waals surface area contributed by atoms with Crippen LogP contribution in [0.2, 0.25) is 0 Å². The number of rotatable bonds is 6. The van der Waals surface area contributed by atoms with Crippen LogP contribution in [0.3, 0.4) is 0 Å². The summed E-state index contributed by atoms with van der Waals surface area (Å²) in [6, 6.07) is 17.1. The van der Waals surface area contributed by atoms with E-state index in [0.29, 0.717) is 24.4 Å². The summed E-state index contributed by atoms with van der Waals surface area (Å²) in [7, 11) is -3.54. The van der Waals surface area contributed by atoms with Gasteiger partial charge in [-0.05, 0) is 62.8 Å². The molecule has 1 unspecified atom stereocenters. The Labute approximate surface area is 207 Å². The van der Waals surface area contributed by atoms with Gasteiger partial charge >= 0.3 is 0 Å². The van der Waals surface area contributed by atoms with Gasteiger partial charge in [0.05, 0.1) is 11.3 Å². The van der Waals surface area contributed by atoms with Gasteiger partial charge in [0.2, 0.25) is 10.0 Å². The van der Waals surface area contributed by atoms with Gasteiger partial charge in [0.1, 0.15) is 5.82 Å². The predicted octanol–water partition coefficient (Wildman–Crippen LogP) is 4.79. The van der Waals surface area contributed by atoms with Gasteiger partial charge in [-0.1, -0.05) is 36.4 Å². The van der Waals surface area contributed by atoms with E-state index < -0.39 is 15.3 Å². The lowest BCUT2D eigenvalue weighted by atomic mass is 10.0. The third kappa shape index (κ3) is 5.14. The summed E-state index contributed by atoms with van der Waals surface area (Å²) < 4.78 is 45.7. The number of halogens is 1. The number of benzene rings is 2.